The Morgan fingerprint density at radius 1 is 1.63 bits per heavy atom. The van der Waals surface area contributed by atoms with E-state index in [4.69, 9.17) is 16.3 Å². The minimum atomic E-state index is -0.586. The molecule has 0 unspecified atom stereocenters. The number of nitro groups is 1. The zero-order valence-corrected chi connectivity index (χ0v) is 11.2. The topological polar surface area (TPSA) is 85.6 Å². The molecule has 1 aromatic heterocycles. The number of halogens is 1. The Bertz CT molecular complexity index is 455. The van der Waals surface area contributed by atoms with E-state index in [0.717, 1.165) is 0 Å². The Balaban J connectivity index is 3.03. The van der Waals surface area contributed by atoms with Crippen LogP contribution < -0.4 is 4.90 Å². The second-order valence-electron chi connectivity index (χ2n) is 3.48. The van der Waals surface area contributed by atoms with Crippen LogP contribution in [0.3, 0.4) is 0 Å². The van der Waals surface area contributed by atoms with Crippen molar-refractivity contribution in [3.05, 3.63) is 28.4 Å². The average Bonchev–Trinajstić information content (AvgIpc) is 2.43. The number of pyridine rings is 1. The van der Waals surface area contributed by atoms with Crippen LogP contribution in [0.1, 0.15) is 6.92 Å². The van der Waals surface area contributed by atoms with Crippen LogP contribution in [0.15, 0.2) is 18.3 Å². The van der Waals surface area contributed by atoms with Crippen molar-refractivity contribution >= 4 is 29.0 Å². The molecule has 0 spiro atoms. The third-order valence-corrected chi connectivity index (χ3v) is 2.53. The smallest absolute Gasteiger partial charge is 0.312 e. The van der Waals surface area contributed by atoms with E-state index in [-0.39, 0.29) is 30.5 Å². The van der Waals surface area contributed by atoms with Crippen LogP contribution >= 0.6 is 11.6 Å². The molecule has 19 heavy (non-hydrogen) atoms. The molecule has 0 saturated heterocycles. The molecule has 0 aliphatic carbocycles. The van der Waals surface area contributed by atoms with E-state index in [9.17, 15) is 14.9 Å². The van der Waals surface area contributed by atoms with E-state index in [1.54, 1.807) is 0 Å². The maximum Gasteiger partial charge on any atom is 0.312 e. The molecule has 1 amide bonds. The van der Waals surface area contributed by atoms with E-state index in [2.05, 4.69) is 4.98 Å². The highest BCUT2D eigenvalue weighted by molar-refractivity contribution is 6.29. The lowest BCUT2D eigenvalue weighted by Gasteiger charge is -2.20. The van der Waals surface area contributed by atoms with Crippen molar-refractivity contribution in [2.45, 2.75) is 6.92 Å². The van der Waals surface area contributed by atoms with E-state index >= 15 is 0 Å². The van der Waals surface area contributed by atoms with Crippen molar-refractivity contribution in [2.75, 3.05) is 30.5 Å². The van der Waals surface area contributed by atoms with Gasteiger partial charge in [0, 0.05) is 18.9 Å². The highest BCUT2D eigenvalue weighted by Gasteiger charge is 2.24. The van der Waals surface area contributed by atoms with E-state index in [0.29, 0.717) is 6.61 Å². The Morgan fingerprint density at radius 2 is 2.37 bits per heavy atom. The second-order valence-corrected chi connectivity index (χ2v) is 3.75. The number of nitrogens with zero attached hydrogens (tertiary/aromatic N) is 3. The number of amides is 1. The number of alkyl halides is 1. The average molecular weight is 288 g/mol. The number of carbonyl (C=O) groups excluding carboxylic acids is 1. The molecular formula is C11H14ClN3O4. The molecule has 0 aromatic carbocycles. The van der Waals surface area contributed by atoms with Gasteiger partial charge in [-0.05, 0) is 13.0 Å². The predicted octanol–water partition coefficient (Wildman–Crippen LogP) is 1.60. The van der Waals surface area contributed by atoms with Crippen LogP contribution in [-0.2, 0) is 9.53 Å². The van der Waals surface area contributed by atoms with Gasteiger partial charge in [-0.3, -0.25) is 19.8 Å². The standard InChI is InChI=1S/C11H14ClN3O4/c1-2-19-7-6-14(10(16)8-12)11-9(15(17)18)4-3-5-13-11/h3-5H,2,6-8H2,1H3. The minimum Gasteiger partial charge on any atom is -0.380 e. The van der Waals surface area contributed by atoms with Gasteiger partial charge in [0.1, 0.15) is 5.88 Å². The third-order valence-electron chi connectivity index (χ3n) is 2.30. The molecule has 0 aliphatic heterocycles. The van der Waals surface area contributed by atoms with Gasteiger partial charge in [0.25, 0.3) is 0 Å². The summed E-state index contributed by atoms with van der Waals surface area (Å²) < 4.78 is 5.15. The monoisotopic (exact) mass is 287 g/mol. The first-order chi connectivity index (χ1) is 9.11. The summed E-state index contributed by atoms with van der Waals surface area (Å²) in [4.78, 5) is 27.2. The largest absolute Gasteiger partial charge is 0.380 e. The molecule has 1 heterocycles. The summed E-state index contributed by atoms with van der Waals surface area (Å²) in [6.45, 7) is 2.73. The quantitative estimate of drug-likeness (QED) is 0.329. The number of carbonyl (C=O) groups is 1. The number of rotatable bonds is 7. The van der Waals surface area contributed by atoms with Crippen LogP contribution in [0.2, 0.25) is 0 Å². The first kappa shape index (κ1) is 15.3. The van der Waals surface area contributed by atoms with Gasteiger partial charge >= 0.3 is 5.69 Å². The van der Waals surface area contributed by atoms with Crippen LogP contribution in [0.4, 0.5) is 11.5 Å². The van der Waals surface area contributed by atoms with Crippen LogP contribution in [-0.4, -0.2) is 41.5 Å². The fourth-order valence-electron chi connectivity index (χ4n) is 1.46. The Morgan fingerprint density at radius 3 is 2.95 bits per heavy atom. The van der Waals surface area contributed by atoms with Gasteiger partial charge in [-0.2, -0.15) is 0 Å². The fourth-order valence-corrected chi connectivity index (χ4v) is 1.60. The summed E-state index contributed by atoms with van der Waals surface area (Å²) in [5.74, 6) is -0.749. The maximum atomic E-state index is 11.8. The fraction of sp³-hybridized carbons (Fsp3) is 0.455. The van der Waals surface area contributed by atoms with E-state index < -0.39 is 10.8 Å². The molecule has 0 N–H and O–H groups in total. The van der Waals surface area contributed by atoms with Crippen molar-refractivity contribution in [3.8, 4) is 0 Å². The molecule has 0 saturated carbocycles. The van der Waals surface area contributed by atoms with Gasteiger partial charge in [-0.15, -0.1) is 11.6 Å². The summed E-state index contributed by atoms with van der Waals surface area (Å²) >= 11 is 5.51. The molecule has 0 atom stereocenters. The van der Waals surface area contributed by atoms with E-state index in [1.165, 1.54) is 23.2 Å². The van der Waals surface area contributed by atoms with Crippen molar-refractivity contribution in [3.63, 3.8) is 0 Å². The summed E-state index contributed by atoms with van der Waals surface area (Å²) in [5.41, 5.74) is -0.238. The molecule has 0 fully saturated rings. The Kier molecular flexibility index (Phi) is 6.17. The normalized spacial score (nSPS) is 10.2. The molecular weight excluding hydrogens is 274 g/mol. The lowest BCUT2D eigenvalue weighted by atomic mass is 10.3. The first-order valence-electron chi connectivity index (χ1n) is 5.65. The Hall–Kier alpha value is -1.73. The molecule has 0 bridgehead atoms. The van der Waals surface area contributed by atoms with Crippen molar-refractivity contribution in [1.29, 1.82) is 0 Å². The summed E-state index contributed by atoms with van der Waals surface area (Å²) in [6.07, 6.45) is 1.39. The molecule has 0 aliphatic rings. The van der Waals surface area contributed by atoms with Gasteiger partial charge in [0.05, 0.1) is 18.1 Å². The summed E-state index contributed by atoms with van der Waals surface area (Å²) in [7, 11) is 0. The highest BCUT2D eigenvalue weighted by atomic mass is 35.5. The van der Waals surface area contributed by atoms with Gasteiger partial charge < -0.3 is 4.74 Å². The van der Waals surface area contributed by atoms with Gasteiger partial charge in [0.15, 0.2) is 0 Å². The molecule has 1 aromatic rings. The number of anilines is 1. The van der Waals surface area contributed by atoms with Crippen LogP contribution in [0, 0.1) is 10.1 Å². The SMILES string of the molecule is CCOCCN(C(=O)CCl)c1ncccc1[N+](=O)[O-]. The third kappa shape index (κ3) is 4.15. The Labute approximate surface area is 115 Å². The summed E-state index contributed by atoms with van der Waals surface area (Å²) in [6, 6.07) is 2.73. The zero-order chi connectivity index (χ0) is 14.3. The number of hydrogen-bond donors (Lipinski definition) is 0. The minimum absolute atomic E-state index is 0.0159. The second kappa shape index (κ2) is 7.65. The maximum absolute atomic E-state index is 11.8. The van der Waals surface area contributed by atoms with E-state index in [1.807, 2.05) is 6.92 Å². The van der Waals surface area contributed by atoms with Crippen LogP contribution in [0.5, 0.6) is 0 Å². The van der Waals surface area contributed by atoms with Crippen molar-refractivity contribution < 1.29 is 14.5 Å². The number of ether oxygens (including phenoxy) is 1. The van der Waals surface area contributed by atoms with Crippen molar-refractivity contribution in [2.24, 2.45) is 0 Å². The summed E-state index contributed by atoms with van der Waals surface area (Å²) in [5, 5.41) is 10.9. The number of hydrogen-bond acceptors (Lipinski definition) is 5. The number of aromatic nitrogens is 1. The van der Waals surface area contributed by atoms with Crippen LogP contribution in [0.25, 0.3) is 0 Å². The van der Waals surface area contributed by atoms with Gasteiger partial charge in [0.2, 0.25) is 11.7 Å². The predicted molar refractivity (Wildman–Crippen MR) is 70.5 cm³/mol. The molecule has 0 radical (unpaired) electrons. The molecule has 104 valence electrons. The van der Waals surface area contributed by atoms with Gasteiger partial charge in [-0.1, -0.05) is 0 Å². The lowest BCUT2D eigenvalue weighted by molar-refractivity contribution is -0.384. The molecule has 8 heteroatoms. The first-order valence-corrected chi connectivity index (χ1v) is 6.18. The van der Waals surface area contributed by atoms with Crippen molar-refractivity contribution in [1.82, 2.24) is 4.98 Å². The molecule has 7 nitrogen and oxygen atoms in total. The highest BCUT2D eigenvalue weighted by Crippen LogP contribution is 2.24. The van der Waals surface area contributed by atoms with Gasteiger partial charge in [-0.25, -0.2) is 4.98 Å². The molecule has 1 rings (SSSR count). The lowest BCUT2D eigenvalue weighted by Crippen LogP contribution is -2.36. The zero-order valence-electron chi connectivity index (χ0n) is 10.4.